The topological polar surface area (TPSA) is 116 Å². The molecule has 0 saturated carbocycles. The number of benzene rings is 2. The molecule has 0 aliphatic carbocycles. The second-order valence-corrected chi connectivity index (χ2v) is 5.57. The van der Waals surface area contributed by atoms with Crippen molar-refractivity contribution in [1.29, 1.82) is 0 Å². The number of hydrogen-bond acceptors (Lipinski definition) is 6. The van der Waals surface area contributed by atoms with Gasteiger partial charge in [0.05, 0.1) is 16.7 Å². The van der Waals surface area contributed by atoms with Crippen molar-refractivity contribution in [1.82, 2.24) is 19.8 Å². The second kappa shape index (κ2) is 7.53. The lowest BCUT2D eigenvalue weighted by molar-refractivity contribution is -0.385. The largest absolute Gasteiger partial charge is 0.377 e. The van der Waals surface area contributed by atoms with Gasteiger partial charge in [0.1, 0.15) is 5.69 Å². The van der Waals surface area contributed by atoms with Gasteiger partial charge in [0.15, 0.2) is 17.5 Å². The van der Waals surface area contributed by atoms with Gasteiger partial charge in [0.2, 0.25) is 0 Å². The zero-order chi connectivity index (χ0) is 21.3. The maximum Gasteiger partial charge on any atom is 0.377 e. The minimum atomic E-state index is -1.29. The number of nitro groups is 1. The Morgan fingerprint density at radius 2 is 1.79 bits per heavy atom. The molecule has 0 N–H and O–H groups in total. The number of nitrogens with zero attached hydrogens (tertiary/aromatic N) is 6. The molecule has 29 heavy (non-hydrogen) atoms. The molecule has 0 aliphatic heterocycles. The Labute approximate surface area is 159 Å². The van der Waals surface area contributed by atoms with Gasteiger partial charge in [-0.25, -0.2) is 22.8 Å². The van der Waals surface area contributed by atoms with E-state index in [1.807, 2.05) is 0 Å². The zero-order valence-electron chi connectivity index (χ0n) is 14.6. The highest BCUT2D eigenvalue weighted by molar-refractivity contribution is 5.93. The number of amides is 1. The lowest BCUT2D eigenvalue weighted by atomic mass is 10.2. The van der Waals surface area contributed by atoms with E-state index in [4.69, 9.17) is 0 Å². The lowest BCUT2D eigenvalue weighted by Crippen LogP contribution is -2.41. The van der Waals surface area contributed by atoms with Crippen molar-refractivity contribution < 1.29 is 22.9 Å². The van der Waals surface area contributed by atoms with Crippen LogP contribution in [0.5, 0.6) is 0 Å². The van der Waals surface area contributed by atoms with E-state index < -0.39 is 45.5 Å². The number of aromatic nitrogens is 4. The van der Waals surface area contributed by atoms with E-state index in [2.05, 4.69) is 10.4 Å². The molecule has 1 heterocycles. The van der Waals surface area contributed by atoms with Crippen LogP contribution in [-0.4, -0.2) is 37.3 Å². The number of nitro benzene ring substituents is 1. The normalized spacial score (nSPS) is 10.8. The standard InChI is InChI=1S/C16H11F3N6O4/c1-2-22(13-7-6-9(25(28)29)8-12(13)19)15(26)24-16(27)23(20-21-24)14-10(17)4-3-5-11(14)18/h3-8H,2H2,1H3. The van der Waals surface area contributed by atoms with E-state index >= 15 is 0 Å². The summed E-state index contributed by atoms with van der Waals surface area (Å²) in [7, 11) is 0. The number of carbonyl (C=O) groups excluding carboxylic acids is 1. The van der Waals surface area contributed by atoms with Crippen molar-refractivity contribution in [2.24, 2.45) is 0 Å². The number of tetrazole rings is 1. The van der Waals surface area contributed by atoms with Crippen LogP contribution in [0.3, 0.4) is 0 Å². The van der Waals surface area contributed by atoms with Crippen molar-refractivity contribution in [3.63, 3.8) is 0 Å². The van der Waals surface area contributed by atoms with E-state index in [-0.39, 0.29) is 21.6 Å². The molecule has 0 atom stereocenters. The van der Waals surface area contributed by atoms with E-state index in [1.165, 1.54) is 6.92 Å². The quantitative estimate of drug-likeness (QED) is 0.371. The van der Waals surface area contributed by atoms with Gasteiger partial charge in [-0.05, 0) is 35.5 Å². The van der Waals surface area contributed by atoms with Crippen LogP contribution in [0.2, 0.25) is 0 Å². The Hall–Kier alpha value is -4.03. The fraction of sp³-hybridized carbons (Fsp3) is 0.125. The van der Waals surface area contributed by atoms with Crippen molar-refractivity contribution in [3.05, 3.63) is 74.4 Å². The minimum Gasteiger partial charge on any atom is -0.290 e. The van der Waals surface area contributed by atoms with Crippen LogP contribution in [0.1, 0.15) is 6.92 Å². The summed E-state index contributed by atoms with van der Waals surface area (Å²) < 4.78 is 42.5. The van der Waals surface area contributed by atoms with E-state index in [0.29, 0.717) is 6.07 Å². The van der Waals surface area contributed by atoms with Crippen LogP contribution in [0.4, 0.5) is 29.3 Å². The molecule has 0 saturated heterocycles. The number of para-hydroxylation sites is 1. The van der Waals surface area contributed by atoms with Crippen LogP contribution < -0.4 is 10.6 Å². The summed E-state index contributed by atoms with van der Waals surface area (Å²) in [4.78, 5) is 35.8. The molecule has 3 rings (SSSR count). The number of rotatable bonds is 4. The van der Waals surface area contributed by atoms with Gasteiger partial charge in [-0.3, -0.25) is 15.0 Å². The molecule has 3 aromatic rings. The molecule has 150 valence electrons. The Morgan fingerprint density at radius 1 is 1.14 bits per heavy atom. The molecule has 0 aliphatic rings. The molecule has 0 spiro atoms. The summed E-state index contributed by atoms with van der Waals surface area (Å²) in [6.45, 7) is 1.30. The van der Waals surface area contributed by atoms with Crippen LogP contribution in [0, 0.1) is 27.6 Å². The van der Waals surface area contributed by atoms with Crippen LogP contribution in [-0.2, 0) is 0 Å². The fourth-order valence-corrected chi connectivity index (χ4v) is 2.55. The Morgan fingerprint density at radius 3 is 2.34 bits per heavy atom. The first-order valence-electron chi connectivity index (χ1n) is 8.01. The molecule has 0 bridgehead atoms. The molecule has 0 unspecified atom stereocenters. The maximum atomic E-state index is 14.3. The Balaban J connectivity index is 2.03. The van der Waals surface area contributed by atoms with Gasteiger partial charge < -0.3 is 0 Å². The van der Waals surface area contributed by atoms with Gasteiger partial charge in [-0.2, -0.15) is 4.68 Å². The summed E-state index contributed by atoms with van der Waals surface area (Å²) in [6, 6.07) is 4.24. The first kappa shape index (κ1) is 19.7. The average molecular weight is 408 g/mol. The fourth-order valence-electron chi connectivity index (χ4n) is 2.55. The van der Waals surface area contributed by atoms with Gasteiger partial charge >= 0.3 is 11.7 Å². The summed E-state index contributed by atoms with van der Waals surface area (Å²) in [5.41, 5.74) is -3.02. The molecular weight excluding hydrogens is 397 g/mol. The van der Waals surface area contributed by atoms with E-state index in [1.54, 1.807) is 0 Å². The van der Waals surface area contributed by atoms with Crippen molar-refractivity contribution in [2.45, 2.75) is 6.92 Å². The number of halogens is 3. The predicted octanol–water partition coefficient (Wildman–Crippen LogP) is 2.25. The van der Waals surface area contributed by atoms with Gasteiger partial charge in [-0.1, -0.05) is 6.07 Å². The molecule has 13 heteroatoms. The number of anilines is 1. The Kier molecular flexibility index (Phi) is 5.12. The van der Waals surface area contributed by atoms with Gasteiger partial charge in [0.25, 0.3) is 5.69 Å². The zero-order valence-corrected chi connectivity index (χ0v) is 14.6. The lowest BCUT2D eigenvalue weighted by Gasteiger charge is -2.20. The molecule has 0 radical (unpaired) electrons. The third-order valence-corrected chi connectivity index (χ3v) is 3.89. The molecular formula is C16H11F3N6O4. The third-order valence-electron chi connectivity index (χ3n) is 3.89. The van der Waals surface area contributed by atoms with Gasteiger partial charge in [-0.15, -0.1) is 4.68 Å². The first-order chi connectivity index (χ1) is 13.8. The smallest absolute Gasteiger partial charge is 0.290 e. The summed E-state index contributed by atoms with van der Waals surface area (Å²) in [6.07, 6.45) is 0. The molecule has 1 aromatic heterocycles. The molecule has 2 aromatic carbocycles. The molecule has 0 fully saturated rings. The van der Waals surface area contributed by atoms with Crippen LogP contribution in [0.25, 0.3) is 5.69 Å². The summed E-state index contributed by atoms with van der Waals surface area (Å²) in [5.74, 6) is -3.31. The first-order valence-corrected chi connectivity index (χ1v) is 8.01. The molecule has 1 amide bonds. The Bertz CT molecular complexity index is 1160. The predicted molar refractivity (Wildman–Crippen MR) is 92.4 cm³/mol. The highest BCUT2D eigenvalue weighted by atomic mass is 19.1. The molecule has 10 nitrogen and oxygen atoms in total. The van der Waals surface area contributed by atoms with Crippen molar-refractivity contribution in [3.8, 4) is 5.69 Å². The minimum absolute atomic E-state index is 0.152. The summed E-state index contributed by atoms with van der Waals surface area (Å²) in [5, 5.41) is 17.3. The number of hydrogen-bond donors (Lipinski definition) is 0. The number of carbonyl (C=O) groups is 1. The SMILES string of the molecule is CCN(C(=O)n1nnn(-c2c(F)cccc2F)c1=O)c1ccc([N+](=O)[O-])cc1F. The van der Waals surface area contributed by atoms with Crippen LogP contribution in [0.15, 0.2) is 41.2 Å². The highest BCUT2D eigenvalue weighted by Gasteiger charge is 2.26. The van der Waals surface area contributed by atoms with E-state index in [9.17, 15) is 32.9 Å². The monoisotopic (exact) mass is 408 g/mol. The van der Waals surface area contributed by atoms with Crippen molar-refractivity contribution in [2.75, 3.05) is 11.4 Å². The summed E-state index contributed by atoms with van der Waals surface area (Å²) >= 11 is 0. The number of non-ortho nitro benzene ring substituents is 1. The van der Waals surface area contributed by atoms with Gasteiger partial charge in [0, 0.05) is 12.6 Å². The van der Waals surface area contributed by atoms with E-state index in [0.717, 1.165) is 35.2 Å². The highest BCUT2D eigenvalue weighted by Crippen LogP contribution is 2.24. The van der Waals surface area contributed by atoms with Crippen molar-refractivity contribution >= 4 is 17.4 Å². The average Bonchev–Trinajstić information content (AvgIpc) is 3.04. The second-order valence-electron chi connectivity index (χ2n) is 5.57. The van der Waals surface area contributed by atoms with Crippen LogP contribution >= 0.6 is 0 Å². The third kappa shape index (κ3) is 3.44. The maximum absolute atomic E-state index is 14.3.